The van der Waals surface area contributed by atoms with Crippen LogP contribution in [0.25, 0.3) is 0 Å². The van der Waals surface area contributed by atoms with Gasteiger partial charge in [0.25, 0.3) is 0 Å². The molecule has 3 amide bonds. The molecule has 0 aromatic heterocycles. The molecule has 0 fully saturated rings. The molecule has 3 atom stereocenters. The summed E-state index contributed by atoms with van der Waals surface area (Å²) in [6.07, 6.45) is 0.723. The highest BCUT2D eigenvalue weighted by molar-refractivity contribution is 5.91. The van der Waals surface area contributed by atoms with E-state index in [0.717, 1.165) is 6.42 Å². The number of amides is 3. The summed E-state index contributed by atoms with van der Waals surface area (Å²) in [5, 5.41) is 5.20. The molecular formula is C13H25N3O3. The van der Waals surface area contributed by atoms with Crippen molar-refractivity contribution in [2.24, 2.45) is 17.6 Å². The zero-order valence-electron chi connectivity index (χ0n) is 12.3. The predicted octanol–water partition coefficient (Wildman–Crippen LogP) is 0.163. The molecule has 0 saturated carbocycles. The molecule has 0 aliphatic rings. The van der Waals surface area contributed by atoms with Crippen LogP contribution in [0.2, 0.25) is 0 Å². The van der Waals surface area contributed by atoms with Crippen molar-refractivity contribution in [2.45, 2.75) is 53.1 Å². The number of rotatable bonds is 7. The highest BCUT2D eigenvalue weighted by Crippen LogP contribution is 2.09. The number of nitrogens with two attached hydrogens (primary N) is 1. The fourth-order valence-corrected chi connectivity index (χ4v) is 1.73. The summed E-state index contributed by atoms with van der Waals surface area (Å²) in [7, 11) is 0. The standard InChI is InChI=1S/C13H25N3O3/c1-6-8(4)11(12(14)18)16-13(19)10(7(2)3)15-9(5)17/h7-8,10-11H,6H2,1-5H3,(H2,14,18)(H,15,17)(H,16,19)/t8-,10+,11+/m0/s1. The summed E-state index contributed by atoms with van der Waals surface area (Å²) < 4.78 is 0. The third-order valence-electron chi connectivity index (χ3n) is 3.13. The Morgan fingerprint density at radius 3 is 1.89 bits per heavy atom. The minimum Gasteiger partial charge on any atom is -0.368 e. The van der Waals surface area contributed by atoms with Gasteiger partial charge < -0.3 is 16.4 Å². The van der Waals surface area contributed by atoms with Gasteiger partial charge in [-0.15, -0.1) is 0 Å². The van der Waals surface area contributed by atoms with Crippen LogP contribution in [-0.4, -0.2) is 29.8 Å². The maximum atomic E-state index is 12.1. The molecule has 0 radical (unpaired) electrons. The van der Waals surface area contributed by atoms with E-state index < -0.39 is 18.0 Å². The fourth-order valence-electron chi connectivity index (χ4n) is 1.73. The molecule has 0 aliphatic carbocycles. The number of hydrogen-bond donors (Lipinski definition) is 3. The molecule has 6 nitrogen and oxygen atoms in total. The zero-order valence-corrected chi connectivity index (χ0v) is 12.3. The van der Waals surface area contributed by atoms with E-state index in [4.69, 9.17) is 5.73 Å². The lowest BCUT2D eigenvalue weighted by molar-refractivity contribution is -0.132. The lowest BCUT2D eigenvalue weighted by Gasteiger charge is -2.26. The molecule has 0 unspecified atom stereocenters. The van der Waals surface area contributed by atoms with E-state index in [0.29, 0.717) is 0 Å². The summed E-state index contributed by atoms with van der Waals surface area (Å²) in [5.41, 5.74) is 5.30. The van der Waals surface area contributed by atoms with Gasteiger partial charge in [0.1, 0.15) is 12.1 Å². The Kier molecular flexibility index (Phi) is 7.11. The van der Waals surface area contributed by atoms with E-state index in [1.807, 2.05) is 27.7 Å². The molecule has 19 heavy (non-hydrogen) atoms. The second-order valence-corrected chi connectivity index (χ2v) is 5.20. The van der Waals surface area contributed by atoms with Crippen molar-refractivity contribution in [1.29, 1.82) is 0 Å². The van der Waals surface area contributed by atoms with Gasteiger partial charge in [-0.25, -0.2) is 0 Å². The van der Waals surface area contributed by atoms with Crippen LogP contribution in [0.5, 0.6) is 0 Å². The maximum absolute atomic E-state index is 12.1. The zero-order chi connectivity index (χ0) is 15.2. The monoisotopic (exact) mass is 271 g/mol. The molecule has 0 bridgehead atoms. The molecule has 6 heteroatoms. The van der Waals surface area contributed by atoms with E-state index in [-0.39, 0.29) is 23.7 Å². The van der Waals surface area contributed by atoms with Gasteiger partial charge in [-0.2, -0.15) is 0 Å². The predicted molar refractivity (Wildman–Crippen MR) is 73.0 cm³/mol. The van der Waals surface area contributed by atoms with Gasteiger partial charge in [-0.1, -0.05) is 34.1 Å². The Morgan fingerprint density at radius 2 is 1.58 bits per heavy atom. The molecule has 0 rings (SSSR count). The van der Waals surface area contributed by atoms with Crippen LogP contribution in [0.3, 0.4) is 0 Å². The summed E-state index contributed by atoms with van der Waals surface area (Å²) in [6, 6.07) is -1.38. The Labute approximate surface area is 114 Å². The highest BCUT2D eigenvalue weighted by Gasteiger charge is 2.29. The topological polar surface area (TPSA) is 101 Å². The first-order valence-corrected chi connectivity index (χ1v) is 6.57. The van der Waals surface area contributed by atoms with E-state index in [2.05, 4.69) is 10.6 Å². The SMILES string of the molecule is CC[C@H](C)[C@@H](NC(=O)[C@H](NC(C)=O)C(C)C)C(N)=O. The van der Waals surface area contributed by atoms with Crippen molar-refractivity contribution >= 4 is 17.7 Å². The van der Waals surface area contributed by atoms with Crippen molar-refractivity contribution < 1.29 is 14.4 Å². The maximum Gasteiger partial charge on any atom is 0.243 e. The Morgan fingerprint density at radius 1 is 1.05 bits per heavy atom. The van der Waals surface area contributed by atoms with Crippen LogP contribution in [0, 0.1) is 11.8 Å². The molecule has 0 saturated heterocycles. The number of hydrogen-bond acceptors (Lipinski definition) is 3. The van der Waals surface area contributed by atoms with E-state index in [1.165, 1.54) is 6.92 Å². The Balaban J connectivity index is 4.85. The first-order chi connectivity index (χ1) is 8.70. The van der Waals surface area contributed by atoms with Crippen molar-refractivity contribution in [3.63, 3.8) is 0 Å². The van der Waals surface area contributed by atoms with Crippen LogP contribution in [-0.2, 0) is 14.4 Å². The van der Waals surface area contributed by atoms with Crippen LogP contribution in [0.1, 0.15) is 41.0 Å². The lowest BCUT2D eigenvalue weighted by Crippen LogP contribution is -2.56. The number of carbonyl (C=O) groups is 3. The van der Waals surface area contributed by atoms with E-state index >= 15 is 0 Å². The van der Waals surface area contributed by atoms with E-state index in [1.54, 1.807) is 0 Å². The molecule has 0 aromatic rings. The molecule has 0 aliphatic heterocycles. The van der Waals surface area contributed by atoms with Crippen LogP contribution >= 0.6 is 0 Å². The molecular weight excluding hydrogens is 246 g/mol. The summed E-state index contributed by atoms with van der Waals surface area (Å²) in [5.74, 6) is -1.35. The van der Waals surface area contributed by atoms with Crippen molar-refractivity contribution in [2.75, 3.05) is 0 Å². The highest BCUT2D eigenvalue weighted by atomic mass is 16.2. The second kappa shape index (κ2) is 7.76. The van der Waals surface area contributed by atoms with Gasteiger partial charge in [0.05, 0.1) is 0 Å². The average molecular weight is 271 g/mol. The first kappa shape index (κ1) is 17.4. The Bertz CT molecular complexity index is 342. The average Bonchev–Trinajstić information content (AvgIpc) is 2.30. The minimum atomic E-state index is -0.715. The third-order valence-corrected chi connectivity index (χ3v) is 3.13. The smallest absolute Gasteiger partial charge is 0.243 e. The van der Waals surface area contributed by atoms with Gasteiger partial charge in [-0.05, 0) is 11.8 Å². The third kappa shape index (κ3) is 5.72. The van der Waals surface area contributed by atoms with Gasteiger partial charge in [-0.3, -0.25) is 14.4 Å². The van der Waals surface area contributed by atoms with Crippen LogP contribution < -0.4 is 16.4 Å². The number of carbonyl (C=O) groups excluding carboxylic acids is 3. The van der Waals surface area contributed by atoms with Gasteiger partial charge >= 0.3 is 0 Å². The first-order valence-electron chi connectivity index (χ1n) is 6.57. The van der Waals surface area contributed by atoms with Crippen LogP contribution in [0.4, 0.5) is 0 Å². The van der Waals surface area contributed by atoms with Crippen molar-refractivity contribution in [3.8, 4) is 0 Å². The summed E-state index contributed by atoms with van der Waals surface area (Å²) in [6.45, 7) is 8.76. The van der Waals surface area contributed by atoms with Gasteiger partial charge in [0, 0.05) is 6.92 Å². The van der Waals surface area contributed by atoms with E-state index in [9.17, 15) is 14.4 Å². The Hall–Kier alpha value is -1.59. The number of nitrogens with one attached hydrogen (secondary N) is 2. The summed E-state index contributed by atoms with van der Waals surface area (Å²) in [4.78, 5) is 34.6. The molecule has 4 N–H and O–H groups in total. The van der Waals surface area contributed by atoms with Crippen LogP contribution in [0.15, 0.2) is 0 Å². The largest absolute Gasteiger partial charge is 0.368 e. The normalized spacial score (nSPS) is 15.5. The quantitative estimate of drug-likeness (QED) is 0.615. The van der Waals surface area contributed by atoms with Crippen molar-refractivity contribution in [1.82, 2.24) is 10.6 Å². The van der Waals surface area contributed by atoms with Gasteiger partial charge in [0.2, 0.25) is 17.7 Å². The van der Waals surface area contributed by atoms with Crippen molar-refractivity contribution in [3.05, 3.63) is 0 Å². The molecule has 110 valence electrons. The van der Waals surface area contributed by atoms with Gasteiger partial charge in [0.15, 0.2) is 0 Å². The minimum absolute atomic E-state index is 0.0495. The number of primary amides is 1. The molecule has 0 heterocycles. The summed E-state index contributed by atoms with van der Waals surface area (Å²) >= 11 is 0. The second-order valence-electron chi connectivity index (χ2n) is 5.20. The molecule has 0 spiro atoms. The molecule has 0 aromatic carbocycles. The fraction of sp³-hybridized carbons (Fsp3) is 0.769. The lowest BCUT2D eigenvalue weighted by atomic mass is 9.97.